The van der Waals surface area contributed by atoms with Crippen molar-refractivity contribution in [3.63, 3.8) is 0 Å². The highest BCUT2D eigenvalue weighted by atomic mass is 16.4. The summed E-state index contributed by atoms with van der Waals surface area (Å²) in [5.74, 6) is -0.634. The Morgan fingerprint density at radius 3 is 2.70 bits per heavy atom. The molecule has 0 radical (unpaired) electrons. The van der Waals surface area contributed by atoms with E-state index in [9.17, 15) is 14.7 Å². The van der Waals surface area contributed by atoms with Gasteiger partial charge in [0.2, 0.25) is 5.91 Å². The summed E-state index contributed by atoms with van der Waals surface area (Å²) in [6.07, 6.45) is 1.94. The van der Waals surface area contributed by atoms with Crippen molar-refractivity contribution in [3.05, 3.63) is 53.9 Å². The van der Waals surface area contributed by atoms with Crippen LogP contribution in [0.4, 0.5) is 0 Å². The molecule has 156 valence electrons. The number of aromatic nitrogens is 1. The first kappa shape index (κ1) is 20.1. The SMILES string of the molecule is Cc1nc2c(-c3ccc(C[C@H](NC(=O)[C@@H]4CCCN4C)C(=O)O)cc3)cccc2o1. The van der Waals surface area contributed by atoms with E-state index < -0.39 is 12.0 Å². The van der Waals surface area contributed by atoms with Crippen molar-refractivity contribution in [2.45, 2.75) is 38.3 Å². The summed E-state index contributed by atoms with van der Waals surface area (Å²) < 4.78 is 5.60. The van der Waals surface area contributed by atoms with Crippen LogP contribution in [0, 0.1) is 6.92 Å². The van der Waals surface area contributed by atoms with E-state index in [1.54, 1.807) is 0 Å². The molecule has 7 nitrogen and oxygen atoms in total. The number of fused-ring (bicyclic) bond motifs is 1. The molecule has 0 saturated carbocycles. The van der Waals surface area contributed by atoms with E-state index in [1.165, 1.54) is 0 Å². The lowest BCUT2D eigenvalue weighted by Gasteiger charge is -2.22. The molecule has 30 heavy (non-hydrogen) atoms. The molecule has 4 rings (SSSR count). The molecule has 1 amide bonds. The van der Waals surface area contributed by atoms with Gasteiger partial charge in [-0.3, -0.25) is 9.69 Å². The van der Waals surface area contributed by atoms with Crippen LogP contribution in [0.5, 0.6) is 0 Å². The lowest BCUT2D eigenvalue weighted by molar-refractivity contribution is -0.142. The average molecular weight is 407 g/mol. The fourth-order valence-corrected chi connectivity index (χ4v) is 4.06. The van der Waals surface area contributed by atoms with Gasteiger partial charge in [0.25, 0.3) is 0 Å². The highest BCUT2D eigenvalue weighted by Gasteiger charge is 2.30. The van der Waals surface area contributed by atoms with Gasteiger partial charge in [0, 0.05) is 18.9 Å². The summed E-state index contributed by atoms with van der Waals surface area (Å²) in [6, 6.07) is 12.3. The van der Waals surface area contributed by atoms with Gasteiger partial charge >= 0.3 is 5.97 Å². The van der Waals surface area contributed by atoms with Crippen molar-refractivity contribution < 1.29 is 19.1 Å². The molecule has 1 aromatic heterocycles. The Morgan fingerprint density at radius 2 is 2.03 bits per heavy atom. The predicted molar refractivity (Wildman–Crippen MR) is 113 cm³/mol. The second-order valence-electron chi connectivity index (χ2n) is 7.82. The molecule has 1 saturated heterocycles. The number of oxazole rings is 1. The van der Waals surface area contributed by atoms with Gasteiger partial charge in [-0.15, -0.1) is 0 Å². The van der Waals surface area contributed by atoms with Crippen molar-refractivity contribution in [2.75, 3.05) is 13.6 Å². The molecule has 0 bridgehead atoms. The number of aliphatic carboxylic acids is 1. The molecule has 0 spiro atoms. The molecule has 2 heterocycles. The highest BCUT2D eigenvalue weighted by molar-refractivity contribution is 5.91. The van der Waals surface area contributed by atoms with Gasteiger partial charge in [-0.1, -0.05) is 36.4 Å². The molecule has 0 unspecified atom stereocenters. The Balaban J connectivity index is 1.50. The van der Waals surface area contributed by atoms with Crippen LogP contribution in [0.3, 0.4) is 0 Å². The first-order chi connectivity index (χ1) is 14.4. The van der Waals surface area contributed by atoms with Crippen molar-refractivity contribution in [3.8, 4) is 11.1 Å². The maximum Gasteiger partial charge on any atom is 0.326 e. The summed E-state index contributed by atoms with van der Waals surface area (Å²) >= 11 is 0. The maximum atomic E-state index is 12.5. The number of likely N-dealkylation sites (N-methyl/N-ethyl adjacent to an activating group) is 1. The van der Waals surface area contributed by atoms with Gasteiger partial charge in [-0.05, 0) is 43.6 Å². The van der Waals surface area contributed by atoms with Gasteiger partial charge in [0.15, 0.2) is 11.5 Å². The van der Waals surface area contributed by atoms with E-state index in [2.05, 4.69) is 10.3 Å². The number of hydrogen-bond donors (Lipinski definition) is 2. The number of benzene rings is 2. The Bertz CT molecular complexity index is 1070. The van der Waals surface area contributed by atoms with Crippen LogP contribution in [-0.2, 0) is 16.0 Å². The van der Waals surface area contributed by atoms with Crippen molar-refractivity contribution in [1.82, 2.24) is 15.2 Å². The summed E-state index contributed by atoms with van der Waals surface area (Å²) in [5, 5.41) is 12.3. The van der Waals surface area contributed by atoms with Gasteiger partial charge < -0.3 is 14.8 Å². The van der Waals surface area contributed by atoms with Crippen LogP contribution >= 0.6 is 0 Å². The van der Waals surface area contributed by atoms with Crippen LogP contribution in [0.2, 0.25) is 0 Å². The second-order valence-corrected chi connectivity index (χ2v) is 7.82. The molecule has 1 aliphatic heterocycles. The zero-order valence-corrected chi connectivity index (χ0v) is 17.1. The molecule has 1 fully saturated rings. The zero-order chi connectivity index (χ0) is 21.3. The molecule has 2 N–H and O–H groups in total. The minimum Gasteiger partial charge on any atom is -0.480 e. The zero-order valence-electron chi connectivity index (χ0n) is 17.1. The number of nitrogens with one attached hydrogen (secondary N) is 1. The number of carbonyl (C=O) groups is 2. The monoisotopic (exact) mass is 407 g/mol. The van der Waals surface area contributed by atoms with Crippen LogP contribution in [0.25, 0.3) is 22.2 Å². The number of likely N-dealkylation sites (tertiary alicyclic amines) is 1. The van der Waals surface area contributed by atoms with Crippen molar-refractivity contribution >= 4 is 23.0 Å². The van der Waals surface area contributed by atoms with Crippen LogP contribution in [0.1, 0.15) is 24.3 Å². The summed E-state index contributed by atoms with van der Waals surface area (Å²) in [4.78, 5) is 30.7. The molecule has 7 heteroatoms. The Labute approximate surface area is 174 Å². The van der Waals surface area contributed by atoms with Gasteiger partial charge in [-0.2, -0.15) is 0 Å². The number of amides is 1. The summed E-state index contributed by atoms with van der Waals surface area (Å²) in [5.41, 5.74) is 4.32. The molecule has 1 aliphatic rings. The quantitative estimate of drug-likeness (QED) is 0.652. The van der Waals surface area contributed by atoms with E-state index in [0.29, 0.717) is 5.89 Å². The Morgan fingerprint density at radius 1 is 1.27 bits per heavy atom. The predicted octanol–water partition coefficient (Wildman–Crippen LogP) is 3.01. The molecule has 2 atom stereocenters. The lowest BCUT2D eigenvalue weighted by atomic mass is 9.99. The standard InChI is InChI=1S/C23H25N3O4/c1-14-24-21-17(5-3-7-20(21)30-14)16-10-8-15(9-11-16)13-18(23(28)29)25-22(27)19-6-4-12-26(19)2/h3,5,7-11,18-19H,4,6,12-13H2,1-2H3,(H,25,27)(H,28,29)/t18-,19-/m0/s1. The third kappa shape index (κ3) is 4.07. The molecule has 0 aliphatic carbocycles. The molecule has 3 aromatic rings. The van der Waals surface area contributed by atoms with Gasteiger partial charge in [0.05, 0.1) is 6.04 Å². The first-order valence-electron chi connectivity index (χ1n) is 10.1. The minimum absolute atomic E-state index is 0.216. The normalized spacial score (nSPS) is 17.9. The fourth-order valence-electron chi connectivity index (χ4n) is 4.06. The van der Waals surface area contributed by atoms with Gasteiger partial charge in [-0.25, -0.2) is 9.78 Å². The Kier molecular flexibility index (Phi) is 5.55. The first-order valence-corrected chi connectivity index (χ1v) is 10.1. The molecule has 2 aromatic carbocycles. The fraction of sp³-hybridized carbons (Fsp3) is 0.348. The number of rotatable bonds is 6. The minimum atomic E-state index is -1.03. The smallest absolute Gasteiger partial charge is 0.326 e. The van der Waals surface area contributed by atoms with Crippen LogP contribution in [0.15, 0.2) is 46.9 Å². The van der Waals surface area contributed by atoms with Gasteiger partial charge in [0.1, 0.15) is 11.6 Å². The number of hydrogen-bond acceptors (Lipinski definition) is 5. The van der Waals surface area contributed by atoms with E-state index in [0.717, 1.165) is 47.2 Å². The van der Waals surface area contributed by atoms with E-state index in [4.69, 9.17) is 4.42 Å². The summed E-state index contributed by atoms with van der Waals surface area (Å²) in [7, 11) is 1.89. The van der Waals surface area contributed by atoms with Crippen LogP contribution in [-0.4, -0.2) is 52.5 Å². The van der Waals surface area contributed by atoms with E-state index in [1.807, 2.05) is 61.3 Å². The number of para-hydroxylation sites is 1. The van der Waals surface area contributed by atoms with E-state index >= 15 is 0 Å². The number of carboxylic acids is 1. The Hall–Kier alpha value is -3.19. The molecular weight excluding hydrogens is 382 g/mol. The highest BCUT2D eigenvalue weighted by Crippen LogP contribution is 2.29. The van der Waals surface area contributed by atoms with E-state index in [-0.39, 0.29) is 18.4 Å². The largest absolute Gasteiger partial charge is 0.480 e. The molecular formula is C23H25N3O4. The number of carboxylic acid groups (broad SMARTS) is 1. The second kappa shape index (κ2) is 8.28. The summed E-state index contributed by atoms with van der Waals surface area (Å²) in [6.45, 7) is 2.67. The van der Waals surface area contributed by atoms with Crippen LogP contribution < -0.4 is 5.32 Å². The average Bonchev–Trinajstić information content (AvgIpc) is 3.32. The number of aryl methyl sites for hydroxylation is 1. The lowest BCUT2D eigenvalue weighted by Crippen LogP contribution is -2.49. The third-order valence-electron chi connectivity index (χ3n) is 5.67. The topological polar surface area (TPSA) is 95.7 Å². The number of carbonyl (C=O) groups excluding carboxylic acids is 1. The third-order valence-corrected chi connectivity index (χ3v) is 5.67. The van der Waals surface area contributed by atoms with Crippen molar-refractivity contribution in [2.24, 2.45) is 0 Å². The van der Waals surface area contributed by atoms with Crippen molar-refractivity contribution in [1.29, 1.82) is 0 Å². The maximum absolute atomic E-state index is 12.5. The number of nitrogens with zero attached hydrogens (tertiary/aromatic N) is 2.